The van der Waals surface area contributed by atoms with E-state index in [2.05, 4.69) is 17.6 Å². The summed E-state index contributed by atoms with van der Waals surface area (Å²) >= 11 is 5.92. The van der Waals surface area contributed by atoms with Gasteiger partial charge in [0.1, 0.15) is 5.82 Å². The molecule has 0 bridgehead atoms. The Morgan fingerprint density at radius 1 is 1.18 bits per heavy atom. The average Bonchev–Trinajstić information content (AvgIpc) is 2.30. The van der Waals surface area contributed by atoms with Crippen molar-refractivity contribution in [3.05, 3.63) is 34.6 Å². The van der Waals surface area contributed by atoms with Crippen LogP contribution in [0, 0.1) is 5.82 Å². The van der Waals surface area contributed by atoms with Gasteiger partial charge in [-0.25, -0.2) is 4.39 Å². The number of benzene rings is 1. The molecule has 1 rings (SSSR count). The fourth-order valence-electron chi connectivity index (χ4n) is 1.53. The Bertz CT molecular complexity index is 331. The molecule has 0 fully saturated rings. The van der Waals surface area contributed by atoms with Crippen LogP contribution in [0.5, 0.6) is 0 Å². The van der Waals surface area contributed by atoms with Crippen LogP contribution in [0.25, 0.3) is 0 Å². The van der Waals surface area contributed by atoms with Crippen LogP contribution in [0.1, 0.15) is 25.3 Å². The number of nitrogens with one attached hydrogen (secondary N) is 2. The van der Waals surface area contributed by atoms with Crippen molar-refractivity contribution in [1.29, 1.82) is 0 Å². The minimum Gasteiger partial charge on any atom is -0.317 e. The Hall–Kier alpha value is -0.640. The Morgan fingerprint density at radius 3 is 2.65 bits per heavy atom. The highest BCUT2D eigenvalue weighted by Gasteiger charge is 2.00. The lowest BCUT2D eigenvalue weighted by atomic mass is 10.2. The fraction of sp³-hybridized carbons (Fsp3) is 0.538. The molecule has 0 saturated heterocycles. The molecule has 0 spiro atoms. The average molecular weight is 259 g/mol. The molecule has 2 nitrogen and oxygen atoms in total. The molecule has 0 amide bonds. The molecular weight excluding hydrogens is 239 g/mol. The lowest BCUT2D eigenvalue weighted by molar-refractivity contribution is 0.591. The van der Waals surface area contributed by atoms with Gasteiger partial charge in [0.15, 0.2) is 0 Å². The van der Waals surface area contributed by atoms with E-state index in [0.29, 0.717) is 11.6 Å². The molecule has 4 heteroatoms. The van der Waals surface area contributed by atoms with Crippen molar-refractivity contribution in [2.45, 2.75) is 26.3 Å². The lowest BCUT2D eigenvalue weighted by Crippen LogP contribution is -2.22. The largest absolute Gasteiger partial charge is 0.317 e. The molecular formula is C13H20ClFN2. The molecule has 1 aromatic carbocycles. The van der Waals surface area contributed by atoms with Gasteiger partial charge in [0.05, 0.1) is 0 Å². The van der Waals surface area contributed by atoms with Crippen LogP contribution >= 0.6 is 11.6 Å². The quantitative estimate of drug-likeness (QED) is 0.701. The number of hydrogen-bond donors (Lipinski definition) is 2. The van der Waals surface area contributed by atoms with Gasteiger partial charge >= 0.3 is 0 Å². The van der Waals surface area contributed by atoms with Crippen molar-refractivity contribution in [3.8, 4) is 0 Å². The molecule has 0 saturated carbocycles. The number of halogens is 2. The highest BCUT2D eigenvalue weighted by molar-refractivity contribution is 6.31. The van der Waals surface area contributed by atoms with E-state index in [4.69, 9.17) is 11.6 Å². The van der Waals surface area contributed by atoms with Crippen molar-refractivity contribution in [3.63, 3.8) is 0 Å². The normalized spacial score (nSPS) is 10.8. The predicted molar refractivity (Wildman–Crippen MR) is 70.9 cm³/mol. The van der Waals surface area contributed by atoms with Gasteiger partial charge in [0, 0.05) is 11.6 Å². The van der Waals surface area contributed by atoms with Gasteiger partial charge in [0.25, 0.3) is 0 Å². The third-order valence-corrected chi connectivity index (χ3v) is 2.82. The maximum absolute atomic E-state index is 12.8. The standard InChI is InChI=1S/C13H20ClFN2/c1-2-6-16-7-3-8-17-10-11-4-5-12(15)9-13(11)14/h4-5,9,16-17H,2-3,6-8,10H2,1H3. The van der Waals surface area contributed by atoms with E-state index in [0.717, 1.165) is 31.6 Å². The zero-order valence-corrected chi connectivity index (χ0v) is 11.0. The van der Waals surface area contributed by atoms with Gasteiger partial charge in [-0.3, -0.25) is 0 Å². The van der Waals surface area contributed by atoms with E-state index in [1.54, 1.807) is 6.07 Å². The van der Waals surface area contributed by atoms with Crippen LogP contribution < -0.4 is 10.6 Å². The third kappa shape index (κ3) is 6.01. The number of rotatable bonds is 8. The van der Waals surface area contributed by atoms with Crippen molar-refractivity contribution < 1.29 is 4.39 Å². The molecule has 0 aromatic heterocycles. The van der Waals surface area contributed by atoms with Crippen LogP contribution in [0.4, 0.5) is 4.39 Å². The van der Waals surface area contributed by atoms with Crippen LogP contribution in [-0.4, -0.2) is 19.6 Å². The highest BCUT2D eigenvalue weighted by atomic mass is 35.5. The summed E-state index contributed by atoms with van der Waals surface area (Å²) in [7, 11) is 0. The summed E-state index contributed by atoms with van der Waals surface area (Å²) in [6.45, 7) is 5.88. The molecule has 0 unspecified atom stereocenters. The molecule has 17 heavy (non-hydrogen) atoms. The first-order valence-corrected chi connectivity index (χ1v) is 6.47. The Kier molecular flexibility index (Phi) is 7.17. The zero-order chi connectivity index (χ0) is 12.5. The predicted octanol–water partition coefficient (Wildman–Crippen LogP) is 2.96. The fourth-order valence-corrected chi connectivity index (χ4v) is 1.76. The summed E-state index contributed by atoms with van der Waals surface area (Å²) in [6.07, 6.45) is 2.25. The Balaban J connectivity index is 2.14. The first-order valence-electron chi connectivity index (χ1n) is 6.09. The topological polar surface area (TPSA) is 24.1 Å². The van der Waals surface area contributed by atoms with Gasteiger partial charge in [-0.1, -0.05) is 24.6 Å². The second-order valence-electron chi connectivity index (χ2n) is 4.02. The first-order chi connectivity index (χ1) is 8.24. The summed E-state index contributed by atoms with van der Waals surface area (Å²) < 4.78 is 12.8. The molecule has 0 aliphatic rings. The van der Waals surface area contributed by atoms with Crippen LogP contribution in [0.15, 0.2) is 18.2 Å². The molecule has 0 aliphatic heterocycles. The van der Waals surface area contributed by atoms with Crippen molar-refractivity contribution in [2.75, 3.05) is 19.6 Å². The number of hydrogen-bond acceptors (Lipinski definition) is 2. The maximum Gasteiger partial charge on any atom is 0.124 e. The summed E-state index contributed by atoms with van der Waals surface area (Å²) in [5.41, 5.74) is 0.939. The van der Waals surface area contributed by atoms with Crippen molar-refractivity contribution in [1.82, 2.24) is 10.6 Å². The molecule has 0 heterocycles. The SMILES string of the molecule is CCCNCCCNCc1ccc(F)cc1Cl. The molecule has 1 aromatic rings. The van der Waals surface area contributed by atoms with Gasteiger partial charge in [-0.05, 0) is 50.2 Å². The van der Waals surface area contributed by atoms with E-state index >= 15 is 0 Å². The third-order valence-electron chi connectivity index (χ3n) is 2.46. The van der Waals surface area contributed by atoms with E-state index in [1.165, 1.54) is 18.6 Å². The van der Waals surface area contributed by atoms with Crippen LogP contribution in [-0.2, 0) is 6.54 Å². The lowest BCUT2D eigenvalue weighted by Gasteiger charge is -2.07. The van der Waals surface area contributed by atoms with Crippen LogP contribution in [0.3, 0.4) is 0 Å². The van der Waals surface area contributed by atoms with Crippen LogP contribution in [0.2, 0.25) is 5.02 Å². The molecule has 96 valence electrons. The molecule has 2 N–H and O–H groups in total. The van der Waals surface area contributed by atoms with Gasteiger partial charge in [-0.2, -0.15) is 0 Å². The monoisotopic (exact) mass is 258 g/mol. The summed E-state index contributed by atoms with van der Waals surface area (Å²) in [5, 5.41) is 7.12. The van der Waals surface area contributed by atoms with E-state index in [1.807, 2.05) is 0 Å². The van der Waals surface area contributed by atoms with Crippen molar-refractivity contribution in [2.24, 2.45) is 0 Å². The maximum atomic E-state index is 12.8. The van der Waals surface area contributed by atoms with Gasteiger partial charge in [0.2, 0.25) is 0 Å². The van der Waals surface area contributed by atoms with E-state index in [9.17, 15) is 4.39 Å². The second kappa shape index (κ2) is 8.45. The minimum absolute atomic E-state index is 0.289. The molecule has 0 atom stereocenters. The van der Waals surface area contributed by atoms with Gasteiger partial charge < -0.3 is 10.6 Å². The van der Waals surface area contributed by atoms with Gasteiger partial charge in [-0.15, -0.1) is 0 Å². The van der Waals surface area contributed by atoms with E-state index in [-0.39, 0.29) is 5.82 Å². The minimum atomic E-state index is -0.289. The van der Waals surface area contributed by atoms with E-state index < -0.39 is 0 Å². The highest BCUT2D eigenvalue weighted by Crippen LogP contribution is 2.16. The smallest absolute Gasteiger partial charge is 0.124 e. The Labute approximate surface area is 108 Å². The molecule has 0 radical (unpaired) electrons. The van der Waals surface area contributed by atoms with Crippen molar-refractivity contribution >= 4 is 11.6 Å². The second-order valence-corrected chi connectivity index (χ2v) is 4.42. The first kappa shape index (κ1) is 14.4. The summed E-state index contributed by atoms with van der Waals surface area (Å²) in [4.78, 5) is 0. The summed E-state index contributed by atoms with van der Waals surface area (Å²) in [6, 6.07) is 4.51. The molecule has 0 aliphatic carbocycles. The summed E-state index contributed by atoms with van der Waals surface area (Å²) in [5.74, 6) is -0.289. The Morgan fingerprint density at radius 2 is 1.94 bits per heavy atom. The zero-order valence-electron chi connectivity index (χ0n) is 10.2.